The summed E-state index contributed by atoms with van der Waals surface area (Å²) >= 11 is 0. The lowest BCUT2D eigenvalue weighted by atomic mass is 9.91. The Balaban J connectivity index is 1.90. The maximum Gasteiger partial charge on any atom is 0.310 e. The summed E-state index contributed by atoms with van der Waals surface area (Å²) in [4.78, 5) is 29.7. The molecule has 1 amide bonds. The number of amides is 1. The summed E-state index contributed by atoms with van der Waals surface area (Å²) in [5.41, 5.74) is 1.15. The van der Waals surface area contributed by atoms with Crippen LogP contribution < -0.4 is 0 Å². The van der Waals surface area contributed by atoms with Gasteiger partial charge in [-0.15, -0.1) is 0 Å². The highest BCUT2D eigenvalue weighted by Gasteiger charge is 2.37. The van der Waals surface area contributed by atoms with E-state index >= 15 is 0 Å². The van der Waals surface area contributed by atoms with Gasteiger partial charge in [0.15, 0.2) is 0 Å². The van der Waals surface area contributed by atoms with Crippen LogP contribution in [0.2, 0.25) is 0 Å². The van der Waals surface area contributed by atoms with Gasteiger partial charge in [-0.25, -0.2) is 4.98 Å². The SMILES string of the molecule is COC(=O)C1CCC2CCc3cnc(F)cc3C(=O)N2C1. The molecule has 2 atom stereocenters. The molecular formula is C15H17FN2O3. The number of hydrogen-bond acceptors (Lipinski definition) is 4. The van der Waals surface area contributed by atoms with Crippen molar-refractivity contribution in [3.05, 3.63) is 29.3 Å². The van der Waals surface area contributed by atoms with E-state index < -0.39 is 5.95 Å². The van der Waals surface area contributed by atoms with Gasteiger partial charge in [0.1, 0.15) is 0 Å². The van der Waals surface area contributed by atoms with Crippen molar-refractivity contribution >= 4 is 11.9 Å². The fraction of sp³-hybridized carbons (Fsp3) is 0.533. The number of ether oxygens (including phenoxy) is 1. The van der Waals surface area contributed by atoms with Crippen molar-refractivity contribution in [3.8, 4) is 0 Å². The minimum Gasteiger partial charge on any atom is -0.469 e. The van der Waals surface area contributed by atoms with Gasteiger partial charge in [0, 0.05) is 30.4 Å². The molecule has 0 spiro atoms. The fourth-order valence-electron chi connectivity index (χ4n) is 3.27. The Morgan fingerprint density at radius 3 is 3.00 bits per heavy atom. The summed E-state index contributed by atoms with van der Waals surface area (Å²) in [5.74, 6) is -1.43. The molecule has 6 heteroatoms. The van der Waals surface area contributed by atoms with Gasteiger partial charge in [-0.3, -0.25) is 9.59 Å². The molecule has 0 saturated carbocycles. The highest BCUT2D eigenvalue weighted by Crippen LogP contribution is 2.31. The van der Waals surface area contributed by atoms with Gasteiger partial charge in [-0.2, -0.15) is 4.39 Å². The maximum absolute atomic E-state index is 13.3. The number of hydrogen-bond donors (Lipinski definition) is 0. The summed E-state index contributed by atoms with van der Waals surface area (Å²) < 4.78 is 18.1. The van der Waals surface area contributed by atoms with Crippen molar-refractivity contribution in [2.24, 2.45) is 5.92 Å². The zero-order valence-electron chi connectivity index (χ0n) is 11.8. The predicted molar refractivity (Wildman–Crippen MR) is 72.1 cm³/mol. The first-order chi connectivity index (χ1) is 10.1. The maximum atomic E-state index is 13.3. The lowest BCUT2D eigenvalue weighted by molar-refractivity contribution is -0.147. The van der Waals surface area contributed by atoms with Gasteiger partial charge >= 0.3 is 5.97 Å². The molecule has 1 fully saturated rings. The monoisotopic (exact) mass is 292 g/mol. The summed E-state index contributed by atoms with van der Waals surface area (Å²) in [7, 11) is 1.36. The zero-order valence-corrected chi connectivity index (χ0v) is 11.8. The van der Waals surface area contributed by atoms with Gasteiger partial charge in [-0.05, 0) is 31.2 Å². The van der Waals surface area contributed by atoms with Crippen LogP contribution >= 0.6 is 0 Å². The molecule has 1 saturated heterocycles. The average Bonchev–Trinajstić information content (AvgIpc) is 2.64. The highest BCUT2D eigenvalue weighted by atomic mass is 19.1. The van der Waals surface area contributed by atoms with Crippen LogP contribution in [0.5, 0.6) is 0 Å². The number of carbonyl (C=O) groups excluding carboxylic acids is 2. The summed E-state index contributed by atoms with van der Waals surface area (Å²) in [5, 5.41) is 0. The molecule has 3 rings (SSSR count). The van der Waals surface area contributed by atoms with E-state index in [2.05, 4.69) is 4.98 Å². The number of aromatic nitrogens is 1. The first kappa shape index (κ1) is 14.0. The summed E-state index contributed by atoms with van der Waals surface area (Å²) in [6.45, 7) is 0.347. The van der Waals surface area contributed by atoms with E-state index in [1.165, 1.54) is 19.4 Å². The molecule has 1 aromatic rings. The molecule has 2 aliphatic rings. The average molecular weight is 292 g/mol. The third kappa shape index (κ3) is 2.50. The second kappa shape index (κ2) is 5.42. The normalized spacial score (nSPS) is 24.9. The van der Waals surface area contributed by atoms with Gasteiger partial charge in [0.25, 0.3) is 5.91 Å². The molecule has 1 aromatic heterocycles. The third-order valence-corrected chi connectivity index (χ3v) is 4.43. The summed E-state index contributed by atoms with van der Waals surface area (Å²) in [6, 6.07) is 1.30. The quantitative estimate of drug-likeness (QED) is 0.582. The molecule has 3 heterocycles. The van der Waals surface area contributed by atoms with Crippen molar-refractivity contribution in [3.63, 3.8) is 0 Å². The van der Waals surface area contributed by atoms with Crippen LogP contribution in [-0.4, -0.2) is 41.5 Å². The Labute approximate surface area is 122 Å². The highest BCUT2D eigenvalue weighted by molar-refractivity contribution is 5.96. The minimum absolute atomic E-state index is 0.105. The molecule has 0 N–H and O–H groups in total. The largest absolute Gasteiger partial charge is 0.469 e. The molecule has 21 heavy (non-hydrogen) atoms. The van der Waals surface area contributed by atoms with Gasteiger partial charge in [-0.1, -0.05) is 0 Å². The molecule has 5 nitrogen and oxygen atoms in total. The van der Waals surface area contributed by atoms with E-state index in [9.17, 15) is 14.0 Å². The fourth-order valence-corrected chi connectivity index (χ4v) is 3.27. The number of halogens is 1. The van der Waals surface area contributed by atoms with Crippen LogP contribution in [0.25, 0.3) is 0 Å². The molecule has 0 radical (unpaired) electrons. The molecule has 0 aliphatic carbocycles. The Morgan fingerprint density at radius 2 is 2.24 bits per heavy atom. The standard InChI is InChI=1S/C15H17FN2O3/c1-21-15(20)10-3-5-11-4-2-9-7-17-13(16)6-12(9)14(19)18(11)8-10/h6-7,10-11H,2-5,8H2,1H3. The van der Waals surface area contributed by atoms with Crippen molar-refractivity contribution in [1.29, 1.82) is 0 Å². The Kier molecular flexibility index (Phi) is 3.61. The Hall–Kier alpha value is -1.98. The Bertz CT molecular complexity index is 590. The van der Waals surface area contributed by atoms with Crippen molar-refractivity contribution in [2.45, 2.75) is 31.7 Å². The first-order valence-electron chi connectivity index (χ1n) is 7.13. The third-order valence-electron chi connectivity index (χ3n) is 4.43. The lowest BCUT2D eigenvalue weighted by Crippen LogP contribution is -2.48. The molecule has 0 aromatic carbocycles. The molecule has 112 valence electrons. The lowest BCUT2D eigenvalue weighted by Gasteiger charge is -2.37. The first-order valence-corrected chi connectivity index (χ1v) is 7.13. The second-order valence-corrected chi connectivity index (χ2v) is 5.61. The minimum atomic E-state index is -0.651. The number of methoxy groups -OCH3 is 1. The zero-order chi connectivity index (χ0) is 15.0. The van der Waals surface area contributed by atoms with E-state index in [0.29, 0.717) is 18.5 Å². The van der Waals surface area contributed by atoms with E-state index in [-0.39, 0.29) is 23.8 Å². The molecule has 2 unspecified atom stereocenters. The number of rotatable bonds is 1. The number of nitrogens with zero attached hydrogens (tertiary/aromatic N) is 2. The van der Waals surface area contributed by atoms with Crippen LogP contribution in [0, 0.1) is 11.9 Å². The predicted octanol–water partition coefficient (Wildman–Crippen LogP) is 1.56. The van der Waals surface area contributed by atoms with Crippen LogP contribution in [0.3, 0.4) is 0 Å². The number of piperidine rings is 1. The van der Waals surface area contributed by atoms with Crippen LogP contribution in [0.4, 0.5) is 4.39 Å². The van der Waals surface area contributed by atoms with Gasteiger partial charge in [0.2, 0.25) is 5.95 Å². The Morgan fingerprint density at radius 1 is 1.43 bits per heavy atom. The van der Waals surface area contributed by atoms with E-state index in [4.69, 9.17) is 4.74 Å². The number of esters is 1. The molecule has 0 bridgehead atoms. The number of carbonyl (C=O) groups is 2. The molecule has 2 aliphatic heterocycles. The molecular weight excluding hydrogens is 275 g/mol. The number of aryl methyl sites for hydroxylation is 1. The van der Waals surface area contributed by atoms with Crippen molar-refractivity contribution in [1.82, 2.24) is 9.88 Å². The van der Waals surface area contributed by atoms with E-state index in [1.54, 1.807) is 4.90 Å². The van der Waals surface area contributed by atoms with Crippen LogP contribution in [-0.2, 0) is 16.0 Å². The summed E-state index contributed by atoms with van der Waals surface area (Å²) in [6.07, 6.45) is 4.47. The number of pyridine rings is 1. The van der Waals surface area contributed by atoms with E-state index in [0.717, 1.165) is 24.8 Å². The second-order valence-electron chi connectivity index (χ2n) is 5.61. The van der Waals surface area contributed by atoms with E-state index in [1.807, 2.05) is 0 Å². The van der Waals surface area contributed by atoms with Gasteiger partial charge in [0.05, 0.1) is 13.0 Å². The smallest absolute Gasteiger partial charge is 0.310 e. The van der Waals surface area contributed by atoms with Crippen LogP contribution in [0.1, 0.15) is 35.2 Å². The van der Waals surface area contributed by atoms with Crippen LogP contribution in [0.15, 0.2) is 12.3 Å². The van der Waals surface area contributed by atoms with Crippen molar-refractivity contribution < 1.29 is 18.7 Å². The van der Waals surface area contributed by atoms with Crippen molar-refractivity contribution in [2.75, 3.05) is 13.7 Å². The topological polar surface area (TPSA) is 59.5 Å². The van der Waals surface area contributed by atoms with Gasteiger partial charge < -0.3 is 9.64 Å². The number of fused-ring (bicyclic) bond motifs is 2.